The van der Waals surface area contributed by atoms with Gasteiger partial charge in [-0.3, -0.25) is 9.59 Å². The first kappa shape index (κ1) is 16.7. The van der Waals surface area contributed by atoms with E-state index in [1.165, 1.54) is 12.0 Å². The van der Waals surface area contributed by atoms with E-state index in [1.54, 1.807) is 0 Å². The zero-order valence-electron chi connectivity index (χ0n) is 14.9. The third kappa shape index (κ3) is 2.88. The van der Waals surface area contributed by atoms with E-state index in [-0.39, 0.29) is 29.3 Å². The monoisotopic (exact) mass is 318 g/mol. The van der Waals surface area contributed by atoms with Gasteiger partial charge in [0, 0.05) is 18.3 Å². The Labute approximate surface area is 139 Å². The molecule has 0 spiro atoms. The molecule has 0 aromatic rings. The van der Waals surface area contributed by atoms with Crippen molar-refractivity contribution in [2.24, 2.45) is 29.1 Å². The van der Waals surface area contributed by atoms with Crippen molar-refractivity contribution in [2.45, 2.75) is 72.3 Å². The lowest BCUT2D eigenvalue weighted by Gasteiger charge is -2.47. The molecule has 3 fully saturated rings. The second kappa shape index (κ2) is 6.07. The predicted molar refractivity (Wildman–Crippen MR) is 89.8 cm³/mol. The molecule has 23 heavy (non-hydrogen) atoms. The molecule has 2 aliphatic carbocycles. The van der Waals surface area contributed by atoms with Crippen LogP contribution in [0.15, 0.2) is 11.6 Å². The zero-order valence-corrected chi connectivity index (χ0v) is 14.9. The molecule has 0 amide bonds. The van der Waals surface area contributed by atoms with Gasteiger partial charge in [0.1, 0.15) is 11.9 Å². The van der Waals surface area contributed by atoms with Gasteiger partial charge in [0.25, 0.3) is 0 Å². The summed E-state index contributed by atoms with van der Waals surface area (Å²) in [5, 5.41) is 0. The number of carbonyl (C=O) groups is 2. The van der Waals surface area contributed by atoms with Gasteiger partial charge >= 0.3 is 5.97 Å². The van der Waals surface area contributed by atoms with E-state index in [9.17, 15) is 9.59 Å². The van der Waals surface area contributed by atoms with Crippen molar-refractivity contribution >= 4 is 11.8 Å². The highest BCUT2D eigenvalue weighted by atomic mass is 16.5. The number of carbonyl (C=O) groups excluding carboxylic acids is 2. The third-order valence-electron chi connectivity index (χ3n) is 6.78. The number of rotatable bonds is 4. The van der Waals surface area contributed by atoms with Crippen molar-refractivity contribution in [1.29, 1.82) is 0 Å². The number of esters is 1. The molecule has 0 N–H and O–H groups in total. The second-order valence-corrected chi connectivity index (χ2v) is 8.52. The molecule has 6 atom stereocenters. The summed E-state index contributed by atoms with van der Waals surface area (Å²) in [7, 11) is 0. The summed E-state index contributed by atoms with van der Waals surface area (Å²) < 4.78 is 5.68. The van der Waals surface area contributed by atoms with E-state index < -0.39 is 0 Å². The lowest BCUT2D eigenvalue weighted by Crippen LogP contribution is -2.49. The van der Waals surface area contributed by atoms with Gasteiger partial charge in [-0.25, -0.2) is 0 Å². The molecular formula is C20H30O3. The maximum atomic E-state index is 12.3. The van der Waals surface area contributed by atoms with Crippen molar-refractivity contribution in [3.8, 4) is 0 Å². The third-order valence-corrected chi connectivity index (χ3v) is 6.78. The average Bonchev–Trinajstić information content (AvgIpc) is 2.76. The maximum Gasteiger partial charge on any atom is 0.306 e. The summed E-state index contributed by atoms with van der Waals surface area (Å²) in [6, 6.07) is 0. The van der Waals surface area contributed by atoms with Crippen LogP contribution < -0.4 is 0 Å². The predicted octanol–water partition coefficient (Wildman–Crippen LogP) is 4.31. The van der Waals surface area contributed by atoms with Gasteiger partial charge in [0.05, 0.1) is 6.42 Å². The molecule has 3 rings (SSSR count). The topological polar surface area (TPSA) is 43.4 Å². The van der Waals surface area contributed by atoms with Crippen molar-refractivity contribution < 1.29 is 14.3 Å². The van der Waals surface area contributed by atoms with E-state index in [1.807, 2.05) is 0 Å². The summed E-state index contributed by atoms with van der Waals surface area (Å²) >= 11 is 0. The molecule has 0 aromatic carbocycles. The van der Waals surface area contributed by atoms with Crippen molar-refractivity contribution in [3.63, 3.8) is 0 Å². The quantitative estimate of drug-likeness (QED) is 0.573. The van der Waals surface area contributed by atoms with Crippen LogP contribution in [0.25, 0.3) is 0 Å². The van der Waals surface area contributed by atoms with Crippen LogP contribution in [0.3, 0.4) is 0 Å². The van der Waals surface area contributed by atoms with Crippen molar-refractivity contribution in [1.82, 2.24) is 0 Å². The molecule has 3 heteroatoms. The minimum absolute atomic E-state index is 0.0218. The smallest absolute Gasteiger partial charge is 0.306 e. The summed E-state index contributed by atoms with van der Waals surface area (Å²) in [5.41, 5.74) is 1.54. The van der Waals surface area contributed by atoms with Crippen molar-refractivity contribution in [2.75, 3.05) is 0 Å². The van der Waals surface area contributed by atoms with Gasteiger partial charge in [0.2, 0.25) is 0 Å². The standard InChI is InChI=1S/C20H30O3/c1-12(2)6-5-7-13(3)15-11-17-19-14(10-18(22)23-17)16(21)8-9-20(15,19)4/h6,13-15,17,19H,5,7-11H2,1-4H3/t13?,14-,15-,17?,19?,20+/m0/s1. The largest absolute Gasteiger partial charge is 0.462 e. The van der Waals surface area contributed by atoms with E-state index in [2.05, 4.69) is 33.8 Å². The Morgan fingerprint density at radius 1 is 1.39 bits per heavy atom. The molecule has 128 valence electrons. The van der Waals surface area contributed by atoms with Gasteiger partial charge < -0.3 is 4.74 Å². The lowest BCUT2D eigenvalue weighted by molar-refractivity contribution is -0.171. The first-order valence-corrected chi connectivity index (χ1v) is 9.18. The van der Waals surface area contributed by atoms with Crippen LogP contribution in [0, 0.1) is 29.1 Å². The molecule has 0 bridgehead atoms. The molecular weight excluding hydrogens is 288 g/mol. The molecule has 1 aliphatic heterocycles. The normalized spacial score (nSPS) is 40.3. The summed E-state index contributed by atoms with van der Waals surface area (Å²) in [4.78, 5) is 24.2. The Balaban J connectivity index is 1.80. The Bertz CT molecular complexity index is 531. The minimum atomic E-state index is -0.160. The number of ether oxygens (including phenoxy) is 1. The molecule has 1 heterocycles. The van der Waals surface area contributed by atoms with Crippen LogP contribution in [0.1, 0.15) is 66.2 Å². The van der Waals surface area contributed by atoms with Gasteiger partial charge in [-0.2, -0.15) is 0 Å². The zero-order chi connectivity index (χ0) is 16.8. The van der Waals surface area contributed by atoms with E-state index in [0.29, 0.717) is 30.5 Å². The molecule has 0 aromatic heterocycles. The molecule has 0 radical (unpaired) electrons. The average molecular weight is 318 g/mol. The van der Waals surface area contributed by atoms with Gasteiger partial charge in [0.15, 0.2) is 0 Å². The van der Waals surface area contributed by atoms with Crippen LogP contribution in [0.2, 0.25) is 0 Å². The van der Waals surface area contributed by atoms with Gasteiger partial charge in [-0.15, -0.1) is 0 Å². The van der Waals surface area contributed by atoms with Crippen LogP contribution in [-0.4, -0.2) is 17.9 Å². The molecule has 1 saturated heterocycles. The second-order valence-electron chi connectivity index (χ2n) is 8.52. The number of allylic oxidation sites excluding steroid dienone is 2. The first-order valence-electron chi connectivity index (χ1n) is 9.18. The van der Waals surface area contributed by atoms with Crippen LogP contribution in [0.4, 0.5) is 0 Å². The SMILES string of the molecule is CC(C)=CCCC(C)[C@@H]1CC2OC(=O)C[C@H]3C(=O)CC[C@@]1(C)C23. The number of hydrogen-bond acceptors (Lipinski definition) is 3. The lowest BCUT2D eigenvalue weighted by atomic mass is 9.57. The van der Waals surface area contributed by atoms with Crippen LogP contribution in [-0.2, 0) is 14.3 Å². The van der Waals surface area contributed by atoms with Crippen LogP contribution >= 0.6 is 0 Å². The number of ketones is 1. The van der Waals surface area contributed by atoms with E-state index >= 15 is 0 Å². The molecule has 3 unspecified atom stereocenters. The minimum Gasteiger partial charge on any atom is -0.462 e. The van der Waals surface area contributed by atoms with E-state index in [4.69, 9.17) is 4.74 Å². The Kier molecular flexibility index (Phi) is 4.41. The summed E-state index contributed by atoms with van der Waals surface area (Å²) in [6.45, 7) is 9.00. The molecule has 2 saturated carbocycles. The van der Waals surface area contributed by atoms with Crippen LogP contribution in [0.5, 0.6) is 0 Å². The van der Waals surface area contributed by atoms with E-state index in [0.717, 1.165) is 19.3 Å². The Morgan fingerprint density at radius 3 is 2.83 bits per heavy atom. The number of Topliss-reactive ketones (excluding diaryl/α,β-unsaturated/α-hetero) is 1. The Morgan fingerprint density at radius 2 is 2.13 bits per heavy atom. The van der Waals surface area contributed by atoms with Gasteiger partial charge in [-0.1, -0.05) is 25.5 Å². The highest BCUT2D eigenvalue weighted by Crippen LogP contribution is 2.61. The highest BCUT2D eigenvalue weighted by molar-refractivity contribution is 5.87. The fraction of sp³-hybridized carbons (Fsp3) is 0.800. The Hall–Kier alpha value is -1.12. The fourth-order valence-corrected chi connectivity index (χ4v) is 5.66. The van der Waals surface area contributed by atoms with Gasteiger partial charge in [-0.05, 0) is 56.8 Å². The number of hydrogen-bond donors (Lipinski definition) is 0. The summed E-state index contributed by atoms with van der Waals surface area (Å²) in [6.07, 6.45) is 7.47. The first-order chi connectivity index (χ1) is 10.8. The highest BCUT2D eigenvalue weighted by Gasteiger charge is 2.62. The summed E-state index contributed by atoms with van der Waals surface area (Å²) in [5.74, 6) is 1.49. The fourth-order valence-electron chi connectivity index (χ4n) is 5.66. The van der Waals surface area contributed by atoms with Crippen molar-refractivity contribution in [3.05, 3.63) is 11.6 Å². The molecule has 3 aliphatic rings. The maximum absolute atomic E-state index is 12.3. The molecule has 3 nitrogen and oxygen atoms in total.